The summed E-state index contributed by atoms with van der Waals surface area (Å²) >= 11 is 0. The van der Waals surface area contributed by atoms with Crippen LogP contribution in [0.1, 0.15) is 43.0 Å². The fourth-order valence-corrected chi connectivity index (χ4v) is 2.94. The third-order valence-electron chi connectivity index (χ3n) is 4.28. The minimum atomic E-state index is 0.0827. The molecule has 0 atom stereocenters. The first-order valence-electron chi connectivity index (χ1n) is 7.41. The van der Waals surface area contributed by atoms with Gasteiger partial charge in [-0.3, -0.25) is 4.79 Å². The number of benzene rings is 1. The van der Waals surface area contributed by atoms with Crippen molar-refractivity contribution < 1.29 is 0 Å². The van der Waals surface area contributed by atoms with E-state index in [0.717, 1.165) is 16.7 Å². The van der Waals surface area contributed by atoms with Gasteiger partial charge in [0.1, 0.15) is 0 Å². The van der Waals surface area contributed by atoms with Crippen molar-refractivity contribution in [3.05, 3.63) is 57.0 Å². The van der Waals surface area contributed by atoms with Crippen molar-refractivity contribution in [1.82, 2.24) is 4.57 Å². The molecule has 0 saturated heterocycles. The van der Waals surface area contributed by atoms with Gasteiger partial charge < -0.3 is 4.57 Å². The largest absolute Gasteiger partial charge is 0.318 e. The van der Waals surface area contributed by atoms with E-state index in [1.54, 1.807) is 4.57 Å². The second-order valence-corrected chi connectivity index (χ2v) is 6.99. The zero-order valence-corrected chi connectivity index (χ0v) is 14.2. The molecular formula is C19H25NO. The molecule has 2 rings (SSSR count). The molecule has 0 bridgehead atoms. The average Bonchev–Trinajstić information content (AvgIpc) is 2.39. The molecule has 21 heavy (non-hydrogen) atoms. The second kappa shape index (κ2) is 5.18. The molecule has 0 aliphatic rings. The minimum absolute atomic E-state index is 0.0827. The molecule has 1 aromatic carbocycles. The quantitative estimate of drug-likeness (QED) is 0.766. The Morgan fingerprint density at radius 2 is 1.62 bits per heavy atom. The molecule has 1 heterocycles. The first kappa shape index (κ1) is 15.6. The molecule has 0 fully saturated rings. The van der Waals surface area contributed by atoms with E-state index in [4.69, 9.17) is 0 Å². The third-order valence-corrected chi connectivity index (χ3v) is 4.28. The van der Waals surface area contributed by atoms with Crippen molar-refractivity contribution in [2.45, 2.75) is 47.0 Å². The predicted octanol–water partition coefficient (Wildman–Crippen LogP) is 4.28. The molecule has 112 valence electrons. The first-order valence-corrected chi connectivity index (χ1v) is 7.41. The Labute approximate surface area is 127 Å². The summed E-state index contributed by atoms with van der Waals surface area (Å²) in [6.07, 6.45) is 1.94. The Morgan fingerprint density at radius 1 is 1.00 bits per heavy atom. The molecule has 0 unspecified atom stereocenters. The zero-order valence-electron chi connectivity index (χ0n) is 14.2. The molecule has 1 aromatic heterocycles. The van der Waals surface area contributed by atoms with Gasteiger partial charge in [-0.2, -0.15) is 0 Å². The summed E-state index contributed by atoms with van der Waals surface area (Å²) in [4.78, 5) is 12.0. The van der Waals surface area contributed by atoms with Gasteiger partial charge in [0.05, 0.1) is 0 Å². The number of pyridine rings is 1. The monoisotopic (exact) mass is 283 g/mol. The number of aryl methyl sites for hydroxylation is 2. The van der Waals surface area contributed by atoms with E-state index >= 15 is 0 Å². The van der Waals surface area contributed by atoms with Crippen LogP contribution in [0.3, 0.4) is 0 Å². The van der Waals surface area contributed by atoms with E-state index in [2.05, 4.69) is 45.9 Å². The lowest BCUT2D eigenvalue weighted by Crippen LogP contribution is -2.20. The Morgan fingerprint density at radius 3 is 2.14 bits per heavy atom. The maximum atomic E-state index is 12.0. The van der Waals surface area contributed by atoms with Gasteiger partial charge in [0.25, 0.3) is 5.56 Å². The van der Waals surface area contributed by atoms with Gasteiger partial charge in [-0.1, -0.05) is 39.0 Å². The maximum Gasteiger partial charge on any atom is 0.253 e. The maximum absolute atomic E-state index is 12.0. The van der Waals surface area contributed by atoms with Crippen LogP contribution in [0.25, 0.3) is 11.1 Å². The van der Waals surface area contributed by atoms with Crippen molar-refractivity contribution in [2.24, 2.45) is 7.05 Å². The molecule has 0 saturated carbocycles. The summed E-state index contributed by atoms with van der Waals surface area (Å²) < 4.78 is 1.67. The van der Waals surface area contributed by atoms with E-state index in [1.807, 2.05) is 27.1 Å². The molecule has 0 amide bonds. The first-order chi connectivity index (χ1) is 9.62. The van der Waals surface area contributed by atoms with Crippen LogP contribution in [0.5, 0.6) is 0 Å². The molecule has 2 aromatic rings. The van der Waals surface area contributed by atoms with Crippen LogP contribution >= 0.6 is 0 Å². The predicted molar refractivity (Wildman–Crippen MR) is 90.0 cm³/mol. The Bertz CT molecular complexity index is 745. The topological polar surface area (TPSA) is 22.0 Å². The summed E-state index contributed by atoms with van der Waals surface area (Å²) in [5, 5.41) is 0. The van der Waals surface area contributed by atoms with Crippen LogP contribution in [-0.2, 0) is 12.5 Å². The Kier molecular flexibility index (Phi) is 3.83. The van der Waals surface area contributed by atoms with Gasteiger partial charge in [0, 0.05) is 24.4 Å². The highest BCUT2D eigenvalue weighted by Crippen LogP contribution is 2.30. The lowest BCUT2D eigenvalue weighted by molar-refractivity contribution is 0.586. The molecule has 0 N–H and O–H groups in total. The summed E-state index contributed by atoms with van der Waals surface area (Å²) in [7, 11) is 1.81. The van der Waals surface area contributed by atoms with Gasteiger partial charge in [-0.25, -0.2) is 0 Å². The molecule has 0 aliphatic heterocycles. The van der Waals surface area contributed by atoms with E-state index in [0.29, 0.717) is 0 Å². The van der Waals surface area contributed by atoms with E-state index < -0.39 is 0 Å². The third kappa shape index (κ3) is 2.80. The molecular weight excluding hydrogens is 258 g/mol. The second-order valence-electron chi connectivity index (χ2n) is 6.99. The highest BCUT2D eigenvalue weighted by molar-refractivity contribution is 5.68. The number of hydrogen-bond acceptors (Lipinski definition) is 1. The van der Waals surface area contributed by atoms with Gasteiger partial charge >= 0.3 is 0 Å². The fourth-order valence-electron chi connectivity index (χ4n) is 2.94. The van der Waals surface area contributed by atoms with Crippen molar-refractivity contribution in [1.29, 1.82) is 0 Å². The summed E-state index contributed by atoms with van der Waals surface area (Å²) in [6.45, 7) is 12.8. The average molecular weight is 283 g/mol. The normalized spacial score (nSPS) is 11.8. The van der Waals surface area contributed by atoms with Crippen molar-refractivity contribution in [3.63, 3.8) is 0 Å². The van der Waals surface area contributed by atoms with Crippen LogP contribution in [0, 0.1) is 20.8 Å². The molecule has 0 spiro atoms. The van der Waals surface area contributed by atoms with Crippen molar-refractivity contribution in [3.8, 4) is 11.1 Å². The zero-order chi connectivity index (χ0) is 15.9. The minimum Gasteiger partial charge on any atom is -0.318 e. The molecule has 0 radical (unpaired) electrons. The lowest BCUT2D eigenvalue weighted by Gasteiger charge is -2.22. The number of hydrogen-bond donors (Lipinski definition) is 0. The summed E-state index contributed by atoms with van der Waals surface area (Å²) in [5.74, 6) is 0. The Hall–Kier alpha value is -1.83. The number of nitrogens with zero attached hydrogens (tertiary/aromatic N) is 1. The highest BCUT2D eigenvalue weighted by atomic mass is 16.1. The standard InChI is InChI=1S/C19H25NO/c1-12-10-15(8-9-17(12)19(4,5)6)16-11-20(7)18(21)14(3)13(16)2/h8-11H,1-7H3. The summed E-state index contributed by atoms with van der Waals surface area (Å²) in [6, 6.07) is 6.61. The van der Waals surface area contributed by atoms with E-state index in [-0.39, 0.29) is 11.0 Å². The van der Waals surface area contributed by atoms with Crippen LogP contribution < -0.4 is 5.56 Å². The van der Waals surface area contributed by atoms with Gasteiger partial charge in [0.15, 0.2) is 0 Å². The van der Waals surface area contributed by atoms with Crippen LogP contribution in [0.2, 0.25) is 0 Å². The Balaban J connectivity index is 2.65. The highest BCUT2D eigenvalue weighted by Gasteiger charge is 2.17. The molecule has 0 aliphatic carbocycles. The smallest absolute Gasteiger partial charge is 0.253 e. The van der Waals surface area contributed by atoms with Crippen molar-refractivity contribution in [2.75, 3.05) is 0 Å². The van der Waals surface area contributed by atoms with E-state index in [9.17, 15) is 4.79 Å². The van der Waals surface area contributed by atoms with Gasteiger partial charge in [-0.05, 0) is 48.4 Å². The van der Waals surface area contributed by atoms with Crippen LogP contribution in [0.15, 0.2) is 29.2 Å². The van der Waals surface area contributed by atoms with Crippen molar-refractivity contribution >= 4 is 0 Å². The SMILES string of the molecule is Cc1cc(-c2cn(C)c(=O)c(C)c2C)ccc1C(C)(C)C. The van der Waals surface area contributed by atoms with Gasteiger partial charge in [-0.15, -0.1) is 0 Å². The summed E-state index contributed by atoms with van der Waals surface area (Å²) in [5.41, 5.74) is 7.11. The molecule has 2 nitrogen and oxygen atoms in total. The number of rotatable bonds is 1. The lowest BCUT2D eigenvalue weighted by atomic mass is 9.83. The fraction of sp³-hybridized carbons (Fsp3) is 0.421. The van der Waals surface area contributed by atoms with E-state index in [1.165, 1.54) is 16.7 Å². The number of aromatic nitrogens is 1. The molecule has 2 heteroatoms. The van der Waals surface area contributed by atoms with Crippen LogP contribution in [-0.4, -0.2) is 4.57 Å². The van der Waals surface area contributed by atoms with Crippen LogP contribution in [0.4, 0.5) is 0 Å². The van der Waals surface area contributed by atoms with Gasteiger partial charge in [0.2, 0.25) is 0 Å².